The molecule has 1 N–H and O–H groups in total. The minimum atomic E-state index is -1.04. The molecular formula is C17H23NO5. The van der Waals surface area contributed by atoms with E-state index in [1.807, 2.05) is 38.1 Å². The van der Waals surface area contributed by atoms with Crippen molar-refractivity contribution in [1.29, 1.82) is 0 Å². The number of benzene rings is 1. The Hall–Kier alpha value is -2.08. The van der Waals surface area contributed by atoms with Crippen molar-refractivity contribution in [3.8, 4) is 5.75 Å². The molecule has 1 aliphatic rings. The van der Waals surface area contributed by atoms with Crippen LogP contribution in [0.2, 0.25) is 0 Å². The molecule has 2 atom stereocenters. The van der Waals surface area contributed by atoms with Crippen LogP contribution < -0.4 is 4.74 Å². The van der Waals surface area contributed by atoms with E-state index >= 15 is 0 Å². The Morgan fingerprint density at radius 2 is 2.04 bits per heavy atom. The van der Waals surface area contributed by atoms with Crippen LogP contribution in [0.5, 0.6) is 5.75 Å². The molecule has 0 radical (unpaired) electrons. The van der Waals surface area contributed by atoms with Gasteiger partial charge in [-0.1, -0.05) is 18.2 Å². The second-order valence-electron chi connectivity index (χ2n) is 6.02. The zero-order valence-electron chi connectivity index (χ0n) is 13.7. The number of para-hydroxylation sites is 1. The van der Waals surface area contributed by atoms with E-state index in [1.165, 1.54) is 0 Å². The summed E-state index contributed by atoms with van der Waals surface area (Å²) in [6.07, 6.45) is -1.06. The molecule has 0 spiro atoms. The molecule has 0 aliphatic carbocycles. The quantitative estimate of drug-likeness (QED) is 0.893. The number of rotatable bonds is 5. The molecule has 0 aromatic heterocycles. The first-order valence-electron chi connectivity index (χ1n) is 7.77. The highest BCUT2D eigenvalue weighted by Gasteiger charge is 2.32. The van der Waals surface area contributed by atoms with Crippen LogP contribution in [-0.4, -0.2) is 53.3 Å². The maximum atomic E-state index is 12.5. The van der Waals surface area contributed by atoms with Crippen molar-refractivity contribution in [3.63, 3.8) is 0 Å². The van der Waals surface area contributed by atoms with Gasteiger partial charge in [0.25, 0.3) is 0 Å². The number of carbonyl (C=O) groups excluding carboxylic acids is 1. The zero-order chi connectivity index (χ0) is 17.0. The number of carboxylic acids is 1. The number of hydrogen-bond acceptors (Lipinski definition) is 4. The topological polar surface area (TPSA) is 76.1 Å². The smallest absolute Gasteiger partial charge is 0.334 e. The Morgan fingerprint density at radius 3 is 2.70 bits per heavy atom. The van der Waals surface area contributed by atoms with Crippen LogP contribution in [0.4, 0.5) is 0 Å². The number of ether oxygens (including phenoxy) is 2. The predicted molar refractivity (Wildman–Crippen MR) is 84.5 cm³/mol. The minimum Gasteiger partial charge on any atom is -0.491 e. The summed E-state index contributed by atoms with van der Waals surface area (Å²) >= 11 is 0. The maximum absolute atomic E-state index is 12.5. The monoisotopic (exact) mass is 321 g/mol. The summed E-state index contributed by atoms with van der Waals surface area (Å²) in [6, 6.07) is 7.42. The number of nitrogens with zero attached hydrogens (tertiary/aromatic N) is 1. The minimum absolute atomic E-state index is 0.0195. The van der Waals surface area contributed by atoms with Crippen molar-refractivity contribution in [1.82, 2.24) is 4.90 Å². The first kappa shape index (κ1) is 17.3. The van der Waals surface area contributed by atoms with Crippen molar-refractivity contribution >= 4 is 11.9 Å². The largest absolute Gasteiger partial charge is 0.491 e. The van der Waals surface area contributed by atoms with Crippen molar-refractivity contribution in [2.75, 3.05) is 13.1 Å². The van der Waals surface area contributed by atoms with Crippen LogP contribution in [0, 0.1) is 0 Å². The highest BCUT2D eigenvalue weighted by molar-refractivity contribution is 5.81. The normalized spacial score (nSPS) is 21.3. The molecule has 1 amide bonds. The SMILES string of the molecule is CC(C)Oc1ccccc1CC(=O)N1CC(C(=O)O)O[C@H](C)C1. The maximum Gasteiger partial charge on any atom is 0.334 e. The van der Waals surface area contributed by atoms with Gasteiger partial charge in [0.1, 0.15) is 5.75 Å². The third-order valence-electron chi connectivity index (χ3n) is 3.57. The van der Waals surface area contributed by atoms with Gasteiger partial charge in [-0.2, -0.15) is 0 Å². The van der Waals surface area contributed by atoms with Gasteiger partial charge in [0, 0.05) is 12.1 Å². The molecule has 1 heterocycles. The Balaban J connectivity index is 2.08. The number of carbonyl (C=O) groups is 2. The average molecular weight is 321 g/mol. The van der Waals surface area contributed by atoms with Crippen molar-refractivity contribution < 1.29 is 24.2 Å². The van der Waals surface area contributed by atoms with Crippen LogP contribution in [0.15, 0.2) is 24.3 Å². The van der Waals surface area contributed by atoms with Crippen molar-refractivity contribution in [2.45, 2.75) is 45.5 Å². The third-order valence-corrected chi connectivity index (χ3v) is 3.57. The number of aliphatic carboxylic acids is 1. The molecule has 0 bridgehead atoms. The van der Waals surface area contributed by atoms with E-state index in [4.69, 9.17) is 14.6 Å². The van der Waals surface area contributed by atoms with Gasteiger partial charge in [0.15, 0.2) is 6.10 Å². The molecule has 6 nitrogen and oxygen atoms in total. The van der Waals surface area contributed by atoms with Gasteiger partial charge in [-0.05, 0) is 26.8 Å². The summed E-state index contributed by atoms with van der Waals surface area (Å²) in [6.45, 7) is 6.10. The van der Waals surface area contributed by atoms with Crippen LogP contribution in [0.3, 0.4) is 0 Å². The summed E-state index contributed by atoms with van der Waals surface area (Å²) in [5.74, 6) is -0.476. The summed E-state index contributed by atoms with van der Waals surface area (Å²) in [5.41, 5.74) is 0.803. The molecule has 1 fully saturated rings. The molecule has 126 valence electrons. The van der Waals surface area contributed by atoms with Gasteiger partial charge in [0.2, 0.25) is 5.91 Å². The molecule has 1 aliphatic heterocycles. The van der Waals surface area contributed by atoms with E-state index < -0.39 is 12.1 Å². The fourth-order valence-electron chi connectivity index (χ4n) is 2.58. The summed E-state index contributed by atoms with van der Waals surface area (Å²) in [7, 11) is 0. The van der Waals surface area contributed by atoms with Gasteiger partial charge >= 0.3 is 5.97 Å². The molecular weight excluding hydrogens is 298 g/mol. The van der Waals surface area contributed by atoms with E-state index in [1.54, 1.807) is 11.8 Å². The molecule has 0 saturated carbocycles. The number of carboxylic acid groups (broad SMARTS) is 1. The van der Waals surface area contributed by atoms with E-state index in [0.717, 1.165) is 5.56 Å². The molecule has 6 heteroatoms. The van der Waals surface area contributed by atoms with Crippen LogP contribution >= 0.6 is 0 Å². The van der Waals surface area contributed by atoms with Gasteiger partial charge in [-0.15, -0.1) is 0 Å². The van der Waals surface area contributed by atoms with Gasteiger partial charge < -0.3 is 19.5 Å². The van der Waals surface area contributed by atoms with E-state index in [2.05, 4.69) is 0 Å². The molecule has 2 rings (SSSR count). The highest BCUT2D eigenvalue weighted by Crippen LogP contribution is 2.21. The van der Waals surface area contributed by atoms with Crippen molar-refractivity contribution in [2.24, 2.45) is 0 Å². The number of morpholine rings is 1. The van der Waals surface area contributed by atoms with Crippen LogP contribution in [0.1, 0.15) is 26.3 Å². The number of hydrogen-bond donors (Lipinski definition) is 1. The molecule has 1 saturated heterocycles. The average Bonchev–Trinajstić information content (AvgIpc) is 2.48. The van der Waals surface area contributed by atoms with Gasteiger partial charge in [-0.3, -0.25) is 4.79 Å². The molecule has 1 aromatic rings. The molecule has 1 aromatic carbocycles. The second kappa shape index (κ2) is 7.46. The zero-order valence-corrected chi connectivity index (χ0v) is 13.7. The summed E-state index contributed by atoms with van der Waals surface area (Å²) in [4.78, 5) is 25.2. The van der Waals surface area contributed by atoms with Gasteiger partial charge in [-0.25, -0.2) is 4.79 Å². The summed E-state index contributed by atoms with van der Waals surface area (Å²) in [5, 5.41) is 9.11. The molecule has 1 unspecified atom stereocenters. The third kappa shape index (κ3) is 4.69. The van der Waals surface area contributed by atoms with Crippen LogP contribution in [0.25, 0.3) is 0 Å². The number of amides is 1. The standard InChI is InChI=1S/C17H23NO5/c1-11(2)22-14-7-5-4-6-13(14)8-16(19)18-9-12(3)23-15(10-18)17(20)21/h4-7,11-12,15H,8-10H2,1-3H3,(H,20,21)/t12-,15?/m1/s1. The van der Waals surface area contributed by atoms with Crippen molar-refractivity contribution in [3.05, 3.63) is 29.8 Å². The first-order valence-corrected chi connectivity index (χ1v) is 7.77. The molecule has 23 heavy (non-hydrogen) atoms. The lowest BCUT2D eigenvalue weighted by Gasteiger charge is -2.35. The summed E-state index contributed by atoms with van der Waals surface area (Å²) < 4.78 is 11.1. The highest BCUT2D eigenvalue weighted by atomic mass is 16.5. The van der Waals surface area contributed by atoms with E-state index in [-0.39, 0.29) is 31.1 Å². The van der Waals surface area contributed by atoms with E-state index in [9.17, 15) is 9.59 Å². The Morgan fingerprint density at radius 1 is 1.35 bits per heavy atom. The Bertz CT molecular complexity index is 572. The van der Waals surface area contributed by atoms with E-state index in [0.29, 0.717) is 12.3 Å². The Kier molecular flexibility index (Phi) is 5.60. The fourth-order valence-corrected chi connectivity index (χ4v) is 2.58. The first-order chi connectivity index (χ1) is 10.9. The second-order valence-corrected chi connectivity index (χ2v) is 6.02. The lowest BCUT2D eigenvalue weighted by Crippen LogP contribution is -2.52. The fraction of sp³-hybridized carbons (Fsp3) is 0.529. The lowest BCUT2D eigenvalue weighted by atomic mass is 10.1. The lowest BCUT2D eigenvalue weighted by molar-refractivity contribution is -0.166. The Labute approximate surface area is 136 Å². The van der Waals surface area contributed by atoms with Crippen LogP contribution in [-0.2, 0) is 20.7 Å². The van der Waals surface area contributed by atoms with Gasteiger partial charge in [0.05, 0.1) is 25.2 Å². The predicted octanol–water partition coefficient (Wildman–Crippen LogP) is 1.72.